The van der Waals surface area contributed by atoms with Crippen LogP contribution in [-0.2, 0) is 4.79 Å². The van der Waals surface area contributed by atoms with E-state index in [1.807, 2.05) is 6.07 Å². The van der Waals surface area contributed by atoms with E-state index in [1.165, 1.54) is 7.11 Å². The number of rotatable bonds is 3. The molecule has 1 atom stereocenters. The van der Waals surface area contributed by atoms with Crippen LogP contribution < -0.4 is 15.8 Å². The predicted molar refractivity (Wildman–Crippen MR) is 60.0 cm³/mol. The summed E-state index contributed by atoms with van der Waals surface area (Å²) in [6.07, 6.45) is 0. The molecular formula is C11H13N3O2. The number of carbonyl (C=O) groups is 1. The second kappa shape index (κ2) is 5.14. The fourth-order valence-corrected chi connectivity index (χ4v) is 1.16. The van der Waals surface area contributed by atoms with Gasteiger partial charge in [-0.25, -0.2) is 0 Å². The number of hydrogen-bond acceptors (Lipinski definition) is 4. The minimum Gasteiger partial charge on any atom is -0.495 e. The molecule has 5 nitrogen and oxygen atoms in total. The third-order valence-electron chi connectivity index (χ3n) is 2.03. The number of hydrogen-bond donors (Lipinski definition) is 2. The van der Waals surface area contributed by atoms with Gasteiger partial charge in [-0.1, -0.05) is 6.07 Å². The molecule has 1 rings (SSSR count). The SMILES string of the molecule is COc1cccc(C#N)c1NC(=O)[C@@H](C)N. The van der Waals surface area contributed by atoms with Gasteiger partial charge in [-0.05, 0) is 19.1 Å². The lowest BCUT2D eigenvalue weighted by atomic mass is 10.1. The first-order valence-corrected chi connectivity index (χ1v) is 4.73. The Labute approximate surface area is 93.8 Å². The largest absolute Gasteiger partial charge is 0.495 e. The highest BCUT2D eigenvalue weighted by atomic mass is 16.5. The summed E-state index contributed by atoms with van der Waals surface area (Å²) >= 11 is 0. The third kappa shape index (κ3) is 2.49. The van der Waals surface area contributed by atoms with Crippen molar-refractivity contribution in [3.05, 3.63) is 23.8 Å². The van der Waals surface area contributed by atoms with E-state index in [0.29, 0.717) is 17.0 Å². The van der Waals surface area contributed by atoms with Crippen LogP contribution in [-0.4, -0.2) is 19.1 Å². The van der Waals surface area contributed by atoms with Crippen LogP contribution in [0.15, 0.2) is 18.2 Å². The topological polar surface area (TPSA) is 88.1 Å². The van der Waals surface area contributed by atoms with Gasteiger partial charge in [0.25, 0.3) is 0 Å². The molecule has 1 aromatic rings. The number of nitrogens with one attached hydrogen (secondary N) is 1. The molecule has 0 radical (unpaired) electrons. The van der Waals surface area contributed by atoms with E-state index in [0.717, 1.165) is 0 Å². The average molecular weight is 219 g/mol. The molecule has 0 aromatic heterocycles. The summed E-state index contributed by atoms with van der Waals surface area (Å²) in [4.78, 5) is 11.4. The van der Waals surface area contributed by atoms with Crippen molar-refractivity contribution in [1.29, 1.82) is 5.26 Å². The highest BCUT2D eigenvalue weighted by Crippen LogP contribution is 2.27. The molecule has 3 N–H and O–H groups in total. The number of para-hydroxylation sites is 1. The summed E-state index contributed by atoms with van der Waals surface area (Å²) in [5, 5.41) is 11.5. The zero-order chi connectivity index (χ0) is 12.1. The first kappa shape index (κ1) is 12.0. The minimum atomic E-state index is -0.642. The lowest BCUT2D eigenvalue weighted by molar-refractivity contribution is -0.117. The number of nitrogens with two attached hydrogens (primary N) is 1. The Morgan fingerprint density at radius 3 is 2.81 bits per heavy atom. The number of ether oxygens (including phenoxy) is 1. The molecule has 0 unspecified atom stereocenters. The molecule has 0 saturated carbocycles. The van der Waals surface area contributed by atoms with Crippen LogP contribution in [0.1, 0.15) is 12.5 Å². The van der Waals surface area contributed by atoms with Crippen molar-refractivity contribution in [3.63, 3.8) is 0 Å². The highest BCUT2D eigenvalue weighted by Gasteiger charge is 2.14. The molecule has 1 aromatic carbocycles. The van der Waals surface area contributed by atoms with Crippen LogP contribution in [0.5, 0.6) is 5.75 Å². The Hall–Kier alpha value is -2.06. The Bertz CT molecular complexity index is 435. The number of carbonyl (C=O) groups excluding carboxylic acids is 1. The van der Waals surface area contributed by atoms with E-state index in [-0.39, 0.29) is 5.91 Å². The van der Waals surface area contributed by atoms with Crippen LogP contribution >= 0.6 is 0 Å². The minimum absolute atomic E-state index is 0.341. The van der Waals surface area contributed by atoms with Crippen LogP contribution in [0.25, 0.3) is 0 Å². The molecule has 0 aliphatic carbocycles. The van der Waals surface area contributed by atoms with Crippen LogP contribution in [0.3, 0.4) is 0 Å². The van der Waals surface area contributed by atoms with Crippen molar-refractivity contribution in [1.82, 2.24) is 0 Å². The van der Waals surface area contributed by atoms with Crippen molar-refractivity contribution in [2.45, 2.75) is 13.0 Å². The lowest BCUT2D eigenvalue weighted by Gasteiger charge is -2.12. The number of methoxy groups -OCH3 is 1. The quantitative estimate of drug-likeness (QED) is 0.788. The first-order valence-electron chi connectivity index (χ1n) is 4.73. The van der Waals surface area contributed by atoms with E-state index in [4.69, 9.17) is 15.7 Å². The van der Waals surface area contributed by atoms with Gasteiger partial charge in [0.15, 0.2) is 0 Å². The van der Waals surface area contributed by atoms with Crippen molar-refractivity contribution in [2.24, 2.45) is 5.73 Å². The van der Waals surface area contributed by atoms with Crippen molar-refractivity contribution in [3.8, 4) is 11.8 Å². The van der Waals surface area contributed by atoms with Crippen LogP contribution in [0.4, 0.5) is 5.69 Å². The van der Waals surface area contributed by atoms with Gasteiger partial charge in [0.05, 0.1) is 18.7 Å². The molecule has 16 heavy (non-hydrogen) atoms. The van der Waals surface area contributed by atoms with Crippen molar-refractivity contribution >= 4 is 11.6 Å². The van der Waals surface area contributed by atoms with Gasteiger partial charge in [0.2, 0.25) is 5.91 Å². The highest BCUT2D eigenvalue weighted by molar-refractivity contribution is 5.97. The second-order valence-corrected chi connectivity index (χ2v) is 3.27. The molecule has 0 saturated heterocycles. The van der Waals surface area contributed by atoms with E-state index >= 15 is 0 Å². The van der Waals surface area contributed by atoms with Crippen LogP contribution in [0, 0.1) is 11.3 Å². The maximum atomic E-state index is 11.4. The van der Waals surface area contributed by atoms with E-state index in [1.54, 1.807) is 25.1 Å². The molecule has 1 amide bonds. The summed E-state index contributed by atoms with van der Waals surface area (Å²) < 4.78 is 5.06. The summed E-state index contributed by atoms with van der Waals surface area (Å²) in [6.45, 7) is 1.57. The van der Waals surface area contributed by atoms with Crippen LogP contribution in [0.2, 0.25) is 0 Å². The maximum Gasteiger partial charge on any atom is 0.241 e. The molecule has 0 aliphatic heterocycles. The summed E-state index contributed by atoms with van der Waals surface area (Å²) in [5.41, 5.74) is 6.13. The monoisotopic (exact) mass is 219 g/mol. The number of nitriles is 1. The Morgan fingerprint density at radius 1 is 1.62 bits per heavy atom. The van der Waals surface area contributed by atoms with Gasteiger partial charge in [-0.15, -0.1) is 0 Å². The van der Waals surface area contributed by atoms with E-state index in [2.05, 4.69) is 5.32 Å². The first-order chi connectivity index (χ1) is 7.60. The van der Waals surface area contributed by atoms with Crippen molar-refractivity contribution in [2.75, 3.05) is 12.4 Å². The Kier molecular flexibility index (Phi) is 3.86. The van der Waals surface area contributed by atoms with Gasteiger partial charge in [0.1, 0.15) is 17.5 Å². The fourth-order valence-electron chi connectivity index (χ4n) is 1.16. The summed E-state index contributed by atoms with van der Waals surface area (Å²) in [7, 11) is 1.47. The second-order valence-electron chi connectivity index (χ2n) is 3.27. The van der Waals surface area contributed by atoms with Crippen molar-refractivity contribution < 1.29 is 9.53 Å². The number of amides is 1. The maximum absolute atomic E-state index is 11.4. The zero-order valence-electron chi connectivity index (χ0n) is 9.15. The molecule has 5 heteroatoms. The Morgan fingerprint density at radius 2 is 2.31 bits per heavy atom. The van der Waals surface area contributed by atoms with Gasteiger partial charge < -0.3 is 15.8 Å². The smallest absolute Gasteiger partial charge is 0.241 e. The molecule has 0 heterocycles. The zero-order valence-corrected chi connectivity index (χ0v) is 9.15. The van der Waals surface area contributed by atoms with Gasteiger partial charge in [-0.3, -0.25) is 4.79 Å². The number of benzene rings is 1. The molecule has 0 aliphatic rings. The van der Waals surface area contributed by atoms with Gasteiger partial charge in [0, 0.05) is 0 Å². The fraction of sp³-hybridized carbons (Fsp3) is 0.273. The third-order valence-corrected chi connectivity index (χ3v) is 2.03. The lowest BCUT2D eigenvalue weighted by Crippen LogP contribution is -2.32. The molecule has 84 valence electrons. The predicted octanol–water partition coefficient (Wildman–Crippen LogP) is 0.853. The Balaban J connectivity index is 3.10. The standard InChI is InChI=1S/C11H13N3O2/c1-7(13)11(15)14-10-8(6-12)4-3-5-9(10)16-2/h3-5,7H,13H2,1-2H3,(H,14,15)/t7-/m1/s1. The molecule has 0 fully saturated rings. The van der Waals surface area contributed by atoms with Gasteiger partial charge >= 0.3 is 0 Å². The average Bonchev–Trinajstić information content (AvgIpc) is 2.29. The molecular weight excluding hydrogens is 206 g/mol. The molecule has 0 bridgehead atoms. The van der Waals surface area contributed by atoms with Gasteiger partial charge in [-0.2, -0.15) is 5.26 Å². The summed E-state index contributed by atoms with van der Waals surface area (Å²) in [6, 6.07) is 6.28. The van der Waals surface area contributed by atoms with E-state index in [9.17, 15) is 4.79 Å². The molecule has 0 spiro atoms. The van der Waals surface area contributed by atoms with E-state index < -0.39 is 6.04 Å². The number of nitrogens with zero attached hydrogens (tertiary/aromatic N) is 1. The summed E-state index contributed by atoms with van der Waals surface area (Å²) in [5.74, 6) is 0.0778. The number of anilines is 1. The normalized spacial score (nSPS) is 11.4.